The van der Waals surface area contributed by atoms with Gasteiger partial charge in [-0.3, -0.25) is 0 Å². The summed E-state index contributed by atoms with van der Waals surface area (Å²) in [5.41, 5.74) is 12.8. The number of fused-ring (bicyclic) bond motifs is 1. The van der Waals surface area contributed by atoms with E-state index in [1.165, 1.54) is 16.3 Å². The summed E-state index contributed by atoms with van der Waals surface area (Å²) in [6.45, 7) is 0.710. The van der Waals surface area contributed by atoms with Gasteiger partial charge in [0.25, 0.3) is 0 Å². The monoisotopic (exact) mass is 214 g/mol. The zero-order chi connectivity index (χ0) is 11.4. The van der Waals surface area contributed by atoms with E-state index in [9.17, 15) is 0 Å². The van der Waals surface area contributed by atoms with Crippen LogP contribution in [0, 0.1) is 0 Å². The number of rotatable bonds is 4. The molecule has 84 valence electrons. The molecule has 0 aliphatic rings. The van der Waals surface area contributed by atoms with Crippen LogP contribution in [0.3, 0.4) is 0 Å². The highest BCUT2D eigenvalue weighted by atomic mass is 14.6. The number of nitrogens with two attached hydrogens (primary N) is 2. The van der Waals surface area contributed by atoms with Crippen molar-refractivity contribution in [3.8, 4) is 0 Å². The number of hydrogen-bond acceptors (Lipinski definition) is 2. The molecule has 0 saturated carbocycles. The predicted octanol–water partition coefficient (Wildman–Crippen LogP) is 2.58. The highest BCUT2D eigenvalue weighted by Crippen LogP contribution is 2.21. The maximum absolute atomic E-state index is 6.12. The van der Waals surface area contributed by atoms with Crippen LogP contribution in [0.2, 0.25) is 0 Å². The molecule has 0 radical (unpaired) electrons. The van der Waals surface area contributed by atoms with Crippen LogP contribution in [0.5, 0.6) is 0 Å². The van der Waals surface area contributed by atoms with E-state index in [0.717, 1.165) is 12.8 Å². The summed E-state index contributed by atoms with van der Waals surface area (Å²) in [5.74, 6) is 0. The molecule has 0 amide bonds. The fraction of sp³-hybridized carbons (Fsp3) is 0.286. The zero-order valence-electron chi connectivity index (χ0n) is 9.39. The third-order valence-electron chi connectivity index (χ3n) is 2.92. The third-order valence-corrected chi connectivity index (χ3v) is 2.92. The summed E-state index contributed by atoms with van der Waals surface area (Å²) in [7, 11) is 0. The Bertz CT molecular complexity index is 465. The lowest BCUT2D eigenvalue weighted by atomic mass is 9.99. The lowest BCUT2D eigenvalue weighted by Gasteiger charge is -2.12. The van der Waals surface area contributed by atoms with Gasteiger partial charge in [0.2, 0.25) is 0 Å². The van der Waals surface area contributed by atoms with E-state index in [4.69, 9.17) is 11.5 Å². The smallest absolute Gasteiger partial charge is 0.0295 e. The number of benzene rings is 2. The van der Waals surface area contributed by atoms with Crippen molar-refractivity contribution in [1.29, 1.82) is 0 Å². The molecular formula is C14H18N2. The van der Waals surface area contributed by atoms with Crippen LogP contribution in [0.1, 0.15) is 24.4 Å². The van der Waals surface area contributed by atoms with Gasteiger partial charge in [-0.2, -0.15) is 0 Å². The lowest BCUT2D eigenvalue weighted by molar-refractivity contribution is 0.618. The van der Waals surface area contributed by atoms with Crippen molar-refractivity contribution < 1.29 is 0 Å². The third kappa shape index (κ3) is 2.40. The summed E-state index contributed by atoms with van der Waals surface area (Å²) in [5, 5.41) is 2.51. The van der Waals surface area contributed by atoms with E-state index in [0.29, 0.717) is 6.54 Å². The standard InChI is InChI=1S/C14H18N2/c15-9-3-6-14(16)13-8-7-11-4-1-2-5-12(11)10-13/h1-2,4-5,7-8,10,14H,3,6,9,15-16H2. The number of hydrogen-bond donors (Lipinski definition) is 2. The molecule has 0 bridgehead atoms. The van der Waals surface area contributed by atoms with E-state index in [2.05, 4.69) is 42.5 Å². The molecule has 2 aromatic carbocycles. The van der Waals surface area contributed by atoms with Crippen LogP contribution in [-0.2, 0) is 0 Å². The van der Waals surface area contributed by atoms with E-state index in [1.54, 1.807) is 0 Å². The van der Waals surface area contributed by atoms with Gasteiger partial charge in [0.15, 0.2) is 0 Å². The first-order chi connectivity index (χ1) is 7.81. The minimum absolute atomic E-state index is 0.105. The molecule has 2 aromatic rings. The highest BCUT2D eigenvalue weighted by Gasteiger charge is 2.05. The van der Waals surface area contributed by atoms with E-state index < -0.39 is 0 Å². The molecule has 0 aromatic heterocycles. The quantitative estimate of drug-likeness (QED) is 0.822. The van der Waals surface area contributed by atoms with Crippen molar-refractivity contribution in [2.45, 2.75) is 18.9 Å². The molecule has 0 aliphatic heterocycles. The van der Waals surface area contributed by atoms with E-state index >= 15 is 0 Å². The Morgan fingerprint density at radius 2 is 1.75 bits per heavy atom. The highest BCUT2D eigenvalue weighted by molar-refractivity contribution is 5.83. The molecule has 2 rings (SSSR count). The second kappa shape index (κ2) is 5.10. The van der Waals surface area contributed by atoms with Crippen LogP contribution >= 0.6 is 0 Å². The maximum atomic E-state index is 6.12. The van der Waals surface area contributed by atoms with Gasteiger partial charge >= 0.3 is 0 Å². The van der Waals surface area contributed by atoms with Gasteiger partial charge in [-0.1, -0.05) is 36.4 Å². The second-order valence-electron chi connectivity index (χ2n) is 4.14. The van der Waals surface area contributed by atoms with Gasteiger partial charge in [0.05, 0.1) is 0 Å². The SMILES string of the molecule is NCCCC(N)c1ccc2ccccc2c1. The Hall–Kier alpha value is -1.38. The lowest BCUT2D eigenvalue weighted by Crippen LogP contribution is -2.12. The first-order valence-corrected chi connectivity index (χ1v) is 5.75. The minimum Gasteiger partial charge on any atom is -0.330 e. The Balaban J connectivity index is 2.25. The zero-order valence-corrected chi connectivity index (χ0v) is 9.39. The Labute approximate surface area is 96.3 Å². The largest absolute Gasteiger partial charge is 0.330 e. The van der Waals surface area contributed by atoms with Crippen molar-refractivity contribution in [3.05, 3.63) is 48.0 Å². The summed E-state index contributed by atoms with van der Waals surface area (Å²) >= 11 is 0. The first kappa shape index (κ1) is 11.1. The normalized spacial score (nSPS) is 12.9. The molecule has 0 saturated heterocycles. The Morgan fingerprint density at radius 3 is 2.50 bits per heavy atom. The first-order valence-electron chi connectivity index (χ1n) is 5.75. The van der Waals surface area contributed by atoms with Crippen LogP contribution in [0.15, 0.2) is 42.5 Å². The average molecular weight is 214 g/mol. The Kier molecular flexibility index (Phi) is 3.54. The maximum Gasteiger partial charge on any atom is 0.0295 e. The van der Waals surface area contributed by atoms with Gasteiger partial charge < -0.3 is 11.5 Å². The van der Waals surface area contributed by atoms with Gasteiger partial charge in [-0.15, -0.1) is 0 Å². The molecule has 16 heavy (non-hydrogen) atoms. The molecule has 1 atom stereocenters. The van der Waals surface area contributed by atoms with Gasteiger partial charge in [-0.05, 0) is 41.8 Å². The summed E-state index contributed by atoms with van der Waals surface area (Å²) in [4.78, 5) is 0. The average Bonchev–Trinajstić information content (AvgIpc) is 2.35. The van der Waals surface area contributed by atoms with Gasteiger partial charge in [0.1, 0.15) is 0 Å². The molecule has 0 heterocycles. The Morgan fingerprint density at radius 1 is 1.00 bits per heavy atom. The summed E-state index contributed by atoms with van der Waals surface area (Å²) in [6.07, 6.45) is 1.93. The molecule has 2 nitrogen and oxygen atoms in total. The van der Waals surface area contributed by atoms with Crippen LogP contribution in [0.4, 0.5) is 0 Å². The predicted molar refractivity (Wildman–Crippen MR) is 69.2 cm³/mol. The van der Waals surface area contributed by atoms with Gasteiger partial charge in [0, 0.05) is 6.04 Å². The van der Waals surface area contributed by atoms with Crippen LogP contribution < -0.4 is 11.5 Å². The van der Waals surface area contributed by atoms with Gasteiger partial charge in [-0.25, -0.2) is 0 Å². The molecule has 0 aliphatic carbocycles. The fourth-order valence-corrected chi connectivity index (χ4v) is 1.94. The van der Waals surface area contributed by atoms with Crippen molar-refractivity contribution in [3.63, 3.8) is 0 Å². The van der Waals surface area contributed by atoms with Crippen molar-refractivity contribution in [2.75, 3.05) is 6.54 Å². The van der Waals surface area contributed by atoms with Crippen molar-refractivity contribution in [2.24, 2.45) is 11.5 Å². The van der Waals surface area contributed by atoms with E-state index in [-0.39, 0.29) is 6.04 Å². The molecular weight excluding hydrogens is 196 g/mol. The molecule has 4 N–H and O–H groups in total. The second-order valence-corrected chi connectivity index (χ2v) is 4.14. The van der Waals surface area contributed by atoms with Crippen molar-refractivity contribution >= 4 is 10.8 Å². The summed E-state index contributed by atoms with van der Waals surface area (Å²) < 4.78 is 0. The van der Waals surface area contributed by atoms with Crippen molar-refractivity contribution in [1.82, 2.24) is 0 Å². The van der Waals surface area contributed by atoms with Crippen LogP contribution in [-0.4, -0.2) is 6.54 Å². The minimum atomic E-state index is 0.105. The topological polar surface area (TPSA) is 52.0 Å². The molecule has 0 spiro atoms. The van der Waals surface area contributed by atoms with E-state index in [1.807, 2.05) is 0 Å². The summed E-state index contributed by atoms with van der Waals surface area (Å²) in [6, 6.07) is 14.9. The molecule has 0 fully saturated rings. The van der Waals surface area contributed by atoms with Crippen LogP contribution in [0.25, 0.3) is 10.8 Å². The molecule has 1 unspecified atom stereocenters. The fourth-order valence-electron chi connectivity index (χ4n) is 1.94. The molecule has 2 heteroatoms.